The van der Waals surface area contributed by atoms with Gasteiger partial charge in [0.25, 0.3) is 0 Å². The Bertz CT molecular complexity index is 167. The Labute approximate surface area is 94.0 Å². The highest BCUT2D eigenvalue weighted by Gasteiger charge is 2.18. The van der Waals surface area contributed by atoms with E-state index in [1.165, 1.54) is 19.4 Å². The molecule has 2 N–H and O–H groups in total. The van der Waals surface area contributed by atoms with Crippen molar-refractivity contribution in [1.29, 1.82) is 0 Å². The van der Waals surface area contributed by atoms with Gasteiger partial charge in [-0.2, -0.15) is 0 Å². The van der Waals surface area contributed by atoms with E-state index in [-0.39, 0.29) is 0 Å². The molecule has 0 aliphatic carbocycles. The van der Waals surface area contributed by atoms with Gasteiger partial charge in [-0.05, 0) is 46.1 Å². The van der Waals surface area contributed by atoms with Crippen LogP contribution < -0.4 is 5.73 Å². The number of rotatable bonds is 5. The molecule has 90 valence electrons. The third kappa shape index (κ3) is 4.96. The summed E-state index contributed by atoms with van der Waals surface area (Å²) in [6.07, 6.45) is 3.52. The molecule has 3 heteroatoms. The lowest BCUT2D eigenvalue weighted by molar-refractivity contribution is 0.0505. The van der Waals surface area contributed by atoms with Crippen LogP contribution in [-0.2, 0) is 4.74 Å². The van der Waals surface area contributed by atoms with Gasteiger partial charge in [0.05, 0.1) is 0 Å². The van der Waals surface area contributed by atoms with Crippen LogP contribution in [0, 0.1) is 5.92 Å². The summed E-state index contributed by atoms with van der Waals surface area (Å²) < 4.78 is 5.37. The second kappa shape index (κ2) is 6.46. The largest absolute Gasteiger partial charge is 0.381 e. The third-order valence-electron chi connectivity index (χ3n) is 3.35. The minimum Gasteiger partial charge on any atom is -0.381 e. The average molecular weight is 214 g/mol. The Hall–Kier alpha value is -0.120. The molecule has 1 heterocycles. The third-order valence-corrected chi connectivity index (χ3v) is 3.35. The maximum Gasteiger partial charge on any atom is 0.0469 e. The second-order valence-electron chi connectivity index (χ2n) is 5.06. The lowest BCUT2D eigenvalue weighted by Gasteiger charge is -2.31. The fourth-order valence-corrected chi connectivity index (χ4v) is 2.23. The normalized spacial score (nSPS) is 23.0. The number of nitrogens with zero attached hydrogens (tertiary/aromatic N) is 1. The Morgan fingerprint density at radius 1 is 1.33 bits per heavy atom. The van der Waals surface area contributed by atoms with Gasteiger partial charge in [-0.1, -0.05) is 0 Å². The van der Waals surface area contributed by atoms with Crippen molar-refractivity contribution in [2.24, 2.45) is 11.7 Å². The van der Waals surface area contributed by atoms with Crippen LogP contribution >= 0.6 is 0 Å². The summed E-state index contributed by atoms with van der Waals surface area (Å²) in [6, 6.07) is 0.894. The molecule has 0 aromatic heterocycles. The monoisotopic (exact) mass is 214 g/mol. The average Bonchev–Trinajstić information content (AvgIpc) is 2.18. The molecule has 0 aromatic rings. The van der Waals surface area contributed by atoms with Crippen molar-refractivity contribution in [3.63, 3.8) is 0 Å². The Balaban J connectivity index is 2.23. The molecule has 0 radical (unpaired) electrons. The van der Waals surface area contributed by atoms with E-state index in [2.05, 4.69) is 25.8 Å². The van der Waals surface area contributed by atoms with Gasteiger partial charge >= 0.3 is 0 Å². The molecule has 1 fully saturated rings. The summed E-state index contributed by atoms with van der Waals surface area (Å²) in [6.45, 7) is 7.43. The zero-order valence-electron chi connectivity index (χ0n) is 10.4. The first-order chi connectivity index (χ1) is 7.09. The molecule has 0 amide bonds. The molecular formula is C12H26N2O. The van der Waals surface area contributed by atoms with Gasteiger partial charge in [-0.25, -0.2) is 0 Å². The molecule has 3 nitrogen and oxygen atoms in total. The summed E-state index contributed by atoms with van der Waals surface area (Å²) in [5.74, 6) is 0.819. The van der Waals surface area contributed by atoms with Crippen LogP contribution in [0.25, 0.3) is 0 Å². The standard InChI is InChI=1S/C12H26N2O/c1-10(13)8-11(2)14(3)9-12-4-6-15-7-5-12/h10-12H,4-9,13H2,1-3H3. The van der Waals surface area contributed by atoms with Crippen molar-refractivity contribution in [1.82, 2.24) is 4.90 Å². The summed E-state index contributed by atoms with van der Waals surface area (Å²) in [7, 11) is 2.21. The van der Waals surface area contributed by atoms with Crippen LogP contribution in [0.1, 0.15) is 33.1 Å². The first-order valence-corrected chi connectivity index (χ1v) is 6.13. The van der Waals surface area contributed by atoms with Crippen molar-refractivity contribution in [3.05, 3.63) is 0 Å². The van der Waals surface area contributed by atoms with Gasteiger partial charge in [-0.15, -0.1) is 0 Å². The molecule has 0 spiro atoms. The Kier molecular flexibility index (Phi) is 5.58. The summed E-state index contributed by atoms with van der Waals surface area (Å²) in [5.41, 5.74) is 5.82. The lowest BCUT2D eigenvalue weighted by Crippen LogP contribution is -2.38. The predicted octanol–water partition coefficient (Wildman–Crippen LogP) is 1.47. The van der Waals surface area contributed by atoms with E-state index in [0.29, 0.717) is 12.1 Å². The molecule has 0 aromatic carbocycles. The zero-order chi connectivity index (χ0) is 11.3. The van der Waals surface area contributed by atoms with Gasteiger partial charge in [-0.3, -0.25) is 0 Å². The summed E-state index contributed by atoms with van der Waals surface area (Å²) in [5, 5.41) is 0. The fourth-order valence-electron chi connectivity index (χ4n) is 2.23. The first-order valence-electron chi connectivity index (χ1n) is 6.13. The minimum absolute atomic E-state index is 0.303. The highest BCUT2D eigenvalue weighted by molar-refractivity contribution is 4.73. The second-order valence-corrected chi connectivity index (χ2v) is 5.06. The van der Waals surface area contributed by atoms with E-state index in [1.807, 2.05) is 0 Å². The quantitative estimate of drug-likeness (QED) is 0.753. The summed E-state index contributed by atoms with van der Waals surface area (Å²) in [4.78, 5) is 2.44. The van der Waals surface area contributed by atoms with Crippen LogP contribution in [0.15, 0.2) is 0 Å². The highest BCUT2D eigenvalue weighted by atomic mass is 16.5. The topological polar surface area (TPSA) is 38.5 Å². The number of nitrogens with two attached hydrogens (primary N) is 1. The van der Waals surface area contributed by atoms with Crippen molar-refractivity contribution in [2.75, 3.05) is 26.8 Å². The van der Waals surface area contributed by atoms with E-state index in [0.717, 1.165) is 25.6 Å². The van der Waals surface area contributed by atoms with E-state index < -0.39 is 0 Å². The van der Waals surface area contributed by atoms with Crippen LogP contribution in [-0.4, -0.2) is 43.8 Å². The molecule has 1 aliphatic heterocycles. The van der Waals surface area contributed by atoms with E-state index in [4.69, 9.17) is 10.5 Å². The smallest absolute Gasteiger partial charge is 0.0469 e. The Morgan fingerprint density at radius 2 is 1.93 bits per heavy atom. The maximum atomic E-state index is 5.82. The van der Waals surface area contributed by atoms with Crippen LogP contribution in [0.5, 0.6) is 0 Å². The predicted molar refractivity (Wildman–Crippen MR) is 63.9 cm³/mol. The van der Waals surface area contributed by atoms with Crippen LogP contribution in [0.4, 0.5) is 0 Å². The molecule has 1 rings (SSSR count). The molecular weight excluding hydrogens is 188 g/mol. The Morgan fingerprint density at radius 3 is 2.47 bits per heavy atom. The van der Waals surface area contributed by atoms with Gasteiger partial charge in [0.1, 0.15) is 0 Å². The molecule has 0 saturated carbocycles. The van der Waals surface area contributed by atoms with Crippen molar-refractivity contribution < 1.29 is 4.74 Å². The van der Waals surface area contributed by atoms with Crippen LogP contribution in [0.3, 0.4) is 0 Å². The highest BCUT2D eigenvalue weighted by Crippen LogP contribution is 2.17. The molecule has 1 aliphatic rings. The van der Waals surface area contributed by atoms with Gasteiger partial charge < -0.3 is 15.4 Å². The zero-order valence-corrected chi connectivity index (χ0v) is 10.4. The van der Waals surface area contributed by atoms with Crippen LogP contribution in [0.2, 0.25) is 0 Å². The molecule has 2 unspecified atom stereocenters. The van der Waals surface area contributed by atoms with Crippen molar-refractivity contribution >= 4 is 0 Å². The number of ether oxygens (including phenoxy) is 1. The minimum atomic E-state index is 0.303. The molecule has 15 heavy (non-hydrogen) atoms. The van der Waals surface area contributed by atoms with E-state index in [1.54, 1.807) is 0 Å². The SMILES string of the molecule is CC(N)CC(C)N(C)CC1CCOCC1. The molecule has 1 saturated heterocycles. The fraction of sp³-hybridized carbons (Fsp3) is 1.00. The number of hydrogen-bond donors (Lipinski definition) is 1. The van der Waals surface area contributed by atoms with Crippen molar-refractivity contribution in [3.8, 4) is 0 Å². The molecule has 2 atom stereocenters. The van der Waals surface area contributed by atoms with Gasteiger partial charge in [0.15, 0.2) is 0 Å². The lowest BCUT2D eigenvalue weighted by atomic mass is 9.98. The van der Waals surface area contributed by atoms with Gasteiger partial charge in [0, 0.05) is 31.8 Å². The molecule has 0 bridgehead atoms. The maximum absolute atomic E-state index is 5.82. The number of hydrogen-bond acceptors (Lipinski definition) is 3. The van der Waals surface area contributed by atoms with Crippen molar-refractivity contribution in [2.45, 2.75) is 45.2 Å². The van der Waals surface area contributed by atoms with E-state index >= 15 is 0 Å². The first kappa shape index (κ1) is 12.9. The summed E-state index contributed by atoms with van der Waals surface area (Å²) >= 11 is 0. The van der Waals surface area contributed by atoms with E-state index in [9.17, 15) is 0 Å². The van der Waals surface area contributed by atoms with Gasteiger partial charge in [0.2, 0.25) is 0 Å².